The number of anilines is 1. The maximum Gasteiger partial charge on any atom is 0.191 e. The summed E-state index contributed by atoms with van der Waals surface area (Å²) >= 11 is 1.76. The van der Waals surface area contributed by atoms with E-state index in [2.05, 4.69) is 70.1 Å². The van der Waals surface area contributed by atoms with Crippen molar-refractivity contribution < 1.29 is 0 Å². The van der Waals surface area contributed by atoms with Gasteiger partial charge in [0.1, 0.15) is 0 Å². The van der Waals surface area contributed by atoms with E-state index in [1.807, 2.05) is 7.05 Å². The summed E-state index contributed by atoms with van der Waals surface area (Å²) in [4.78, 5) is 11.5. The van der Waals surface area contributed by atoms with E-state index in [1.165, 1.54) is 10.7 Å². The van der Waals surface area contributed by atoms with Crippen molar-refractivity contribution in [3.05, 3.63) is 46.4 Å². The van der Waals surface area contributed by atoms with Crippen LogP contribution in [0.5, 0.6) is 0 Å². The van der Waals surface area contributed by atoms with Gasteiger partial charge in [-0.2, -0.15) is 0 Å². The number of aliphatic imine (C=N–C) groups is 1. The number of nitrogens with one attached hydrogen (secondary N) is 2. The second-order valence-corrected chi connectivity index (χ2v) is 7.88. The van der Waals surface area contributed by atoms with Crippen molar-refractivity contribution in [3.63, 3.8) is 0 Å². The van der Waals surface area contributed by atoms with E-state index in [-0.39, 0.29) is 0 Å². The van der Waals surface area contributed by atoms with Gasteiger partial charge >= 0.3 is 0 Å². The predicted octanol–water partition coefficient (Wildman–Crippen LogP) is 3.25. The highest BCUT2D eigenvalue weighted by Gasteiger charge is 2.23. The number of benzene rings is 1. The van der Waals surface area contributed by atoms with Crippen LogP contribution in [0.25, 0.3) is 0 Å². The van der Waals surface area contributed by atoms with Crippen LogP contribution >= 0.6 is 11.3 Å². The van der Waals surface area contributed by atoms with E-state index in [0.717, 1.165) is 44.1 Å². The van der Waals surface area contributed by atoms with E-state index in [9.17, 15) is 0 Å². The van der Waals surface area contributed by atoms with Gasteiger partial charge in [0.05, 0.1) is 10.7 Å². The van der Waals surface area contributed by atoms with Crippen LogP contribution in [-0.2, 0) is 6.42 Å². The van der Waals surface area contributed by atoms with Crippen LogP contribution in [0, 0.1) is 0 Å². The Morgan fingerprint density at radius 2 is 2.15 bits per heavy atom. The first-order chi connectivity index (χ1) is 12.7. The average Bonchev–Trinajstić information content (AvgIpc) is 3.31. The van der Waals surface area contributed by atoms with Gasteiger partial charge in [0.25, 0.3) is 0 Å². The molecule has 1 aliphatic heterocycles. The number of guanidine groups is 1. The first-order valence-corrected chi connectivity index (χ1v) is 10.2. The van der Waals surface area contributed by atoms with Crippen LogP contribution in [0.1, 0.15) is 36.9 Å². The van der Waals surface area contributed by atoms with Gasteiger partial charge in [-0.05, 0) is 18.6 Å². The van der Waals surface area contributed by atoms with Crippen molar-refractivity contribution >= 4 is 23.0 Å². The van der Waals surface area contributed by atoms with Crippen molar-refractivity contribution in [1.29, 1.82) is 0 Å². The molecule has 0 aliphatic carbocycles. The van der Waals surface area contributed by atoms with Gasteiger partial charge < -0.3 is 15.5 Å². The van der Waals surface area contributed by atoms with Gasteiger partial charge in [0, 0.05) is 56.1 Å². The predicted molar refractivity (Wildman–Crippen MR) is 111 cm³/mol. The molecular weight excluding hydrogens is 342 g/mol. The molecule has 26 heavy (non-hydrogen) atoms. The highest BCUT2D eigenvalue weighted by Crippen LogP contribution is 2.20. The maximum atomic E-state index is 4.69. The van der Waals surface area contributed by atoms with Crippen LogP contribution < -0.4 is 15.5 Å². The Morgan fingerprint density at radius 1 is 1.35 bits per heavy atom. The van der Waals surface area contributed by atoms with Crippen LogP contribution in [-0.4, -0.2) is 43.7 Å². The summed E-state index contributed by atoms with van der Waals surface area (Å²) in [5, 5.41) is 10.4. The fourth-order valence-corrected chi connectivity index (χ4v) is 4.02. The molecule has 1 aromatic carbocycles. The molecule has 0 bridgehead atoms. The average molecular weight is 372 g/mol. The lowest BCUT2D eigenvalue weighted by molar-refractivity contribution is 0.647. The lowest BCUT2D eigenvalue weighted by Gasteiger charge is -2.20. The van der Waals surface area contributed by atoms with Crippen molar-refractivity contribution in [2.24, 2.45) is 4.99 Å². The summed E-state index contributed by atoms with van der Waals surface area (Å²) in [7, 11) is 1.83. The minimum atomic E-state index is 0.424. The Morgan fingerprint density at radius 3 is 2.85 bits per heavy atom. The largest absolute Gasteiger partial charge is 0.369 e. The van der Waals surface area contributed by atoms with E-state index >= 15 is 0 Å². The molecule has 1 aliphatic rings. The number of thiazole rings is 1. The molecule has 3 rings (SSSR count). The summed E-state index contributed by atoms with van der Waals surface area (Å²) in [5.41, 5.74) is 2.46. The SMILES string of the molecule is CN=C(NCCc1csc(C(C)C)n1)NC1CCN(c2ccccc2)C1. The first-order valence-electron chi connectivity index (χ1n) is 9.37. The topological polar surface area (TPSA) is 52.6 Å². The third kappa shape index (κ3) is 4.97. The summed E-state index contributed by atoms with van der Waals surface area (Å²) < 4.78 is 0. The fourth-order valence-electron chi connectivity index (χ4n) is 3.15. The molecule has 140 valence electrons. The number of rotatable bonds is 6. The molecule has 2 N–H and O–H groups in total. The molecule has 1 unspecified atom stereocenters. The molecule has 2 heterocycles. The number of para-hydroxylation sites is 1. The van der Waals surface area contributed by atoms with Crippen molar-refractivity contribution in [1.82, 2.24) is 15.6 Å². The van der Waals surface area contributed by atoms with E-state index in [1.54, 1.807) is 11.3 Å². The lowest BCUT2D eigenvalue weighted by atomic mass is 10.2. The molecule has 6 heteroatoms. The van der Waals surface area contributed by atoms with Gasteiger partial charge in [-0.25, -0.2) is 4.98 Å². The molecule has 0 spiro atoms. The van der Waals surface area contributed by atoms with Crippen LogP contribution in [0.2, 0.25) is 0 Å². The maximum absolute atomic E-state index is 4.69. The Bertz CT molecular complexity index is 710. The lowest BCUT2D eigenvalue weighted by Crippen LogP contribution is -2.45. The molecule has 2 aromatic rings. The molecule has 1 atom stereocenters. The zero-order valence-corrected chi connectivity index (χ0v) is 16.7. The third-order valence-corrected chi connectivity index (χ3v) is 5.81. The molecule has 1 aromatic heterocycles. The quantitative estimate of drug-likeness (QED) is 0.605. The zero-order chi connectivity index (χ0) is 18.4. The molecule has 0 saturated carbocycles. The second kappa shape index (κ2) is 9.03. The fraction of sp³-hybridized carbons (Fsp3) is 0.500. The summed E-state index contributed by atoms with van der Waals surface area (Å²) in [5.74, 6) is 1.38. The van der Waals surface area contributed by atoms with E-state index in [4.69, 9.17) is 4.98 Å². The van der Waals surface area contributed by atoms with Crippen LogP contribution in [0.3, 0.4) is 0 Å². The Balaban J connectivity index is 1.43. The van der Waals surface area contributed by atoms with Gasteiger partial charge in [-0.1, -0.05) is 32.0 Å². The van der Waals surface area contributed by atoms with Crippen LogP contribution in [0.15, 0.2) is 40.7 Å². The van der Waals surface area contributed by atoms with Crippen molar-refractivity contribution in [3.8, 4) is 0 Å². The Hall–Kier alpha value is -2.08. The first kappa shape index (κ1) is 18.7. The summed E-state index contributed by atoms with van der Waals surface area (Å²) in [6.07, 6.45) is 2.05. The van der Waals surface area contributed by atoms with Gasteiger partial charge in [-0.3, -0.25) is 4.99 Å². The summed E-state index contributed by atoms with van der Waals surface area (Å²) in [6.45, 7) is 7.31. The molecule has 1 fully saturated rings. The second-order valence-electron chi connectivity index (χ2n) is 6.99. The summed E-state index contributed by atoms with van der Waals surface area (Å²) in [6, 6.07) is 11.0. The number of hydrogen-bond donors (Lipinski definition) is 2. The van der Waals surface area contributed by atoms with Gasteiger partial charge in [-0.15, -0.1) is 11.3 Å². The molecule has 0 amide bonds. The highest BCUT2D eigenvalue weighted by atomic mass is 32.1. The van der Waals surface area contributed by atoms with Crippen molar-refractivity contribution in [2.45, 2.75) is 38.6 Å². The van der Waals surface area contributed by atoms with Crippen LogP contribution in [0.4, 0.5) is 5.69 Å². The third-order valence-electron chi connectivity index (χ3n) is 4.61. The van der Waals surface area contributed by atoms with E-state index in [0.29, 0.717) is 12.0 Å². The Labute approximate surface area is 160 Å². The monoisotopic (exact) mass is 371 g/mol. The molecule has 0 radical (unpaired) electrons. The van der Waals surface area contributed by atoms with Crippen molar-refractivity contribution in [2.75, 3.05) is 31.6 Å². The van der Waals surface area contributed by atoms with Gasteiger partial charge in [0.15, 0.2) is 5.96 Å². The molecule has 5 nitrogen and oxygen atoms in total. The van der Waals surface area contributed by atoms with E-state index < -0.39 is 0 Å². The number of nitrogens with zero attached hydrogens (tertiary/aromatic N) is 3. The highest BCUT2D eigenvalue weighted by molar-refractivity contribution is 7.09. The minimum absolute atomic E-state index is 0.424. The Kier molecular flexibility index (Phi) is 6.50. The zero-order valence-electron chi connectivity index (χ0n) is 15.9. The number of hydrogen-bond acceptors (Lipinski definition) is 4. The normalized spacial score (nSPS) is 17.8. The standard InChI is InChI=1S/C20H29N5S/c1-15(2)19-23-17(14-26-19)9-11-22-20(21-3)24-16-10-12-25(13-16)18-7-5-4-6-8-18/h4-8,14-16H,9-13H2,1-3H3,(H2,21,22,24). The molecule has 1 saturated heterocycles. The molecular formula is C20H29N5S. The van der Waals surface area contributed by atoms with Gasteiger partial charge in [0.2, 0.25) is 0 Å². The minimum Gasteiger partial charge on any atom is -0.369 e. The smallest absolute Gasteiger partial charge is 0.191 e. The number of aromatic nitrogens is 1.